The molecule has 44 heavy (non-hydrogen) atoms. The Kier molecular flexibility index (Phi) is 12.0. The second-order valence-corrected chi connectivity index (χ2v) is 13.1. The average Bonchev–Trinajstić information content (AvgIpc) is 3.15. The van der Waals surface area contributed by atoms with E-state index < -0.39 is 59.6 Å². The van der Waals surface area contributed by atoms with Gasteiger partial charge in [-0.15, -0.1) is 0 Å². The number of Topliss-reactive ketones (excluding diaryl/α,β-unsaturated/α-hetero) is 1. The van der Waals surface area contributed by atoms with Crippen molar-refractivity contribution >= 4 is 17.7 Å². The number of aliphatic hydroxyl groups excluding tert-OH is 1. The van der Waals surface area contributed by atoms with E-state index in [0.29, 0.717) is 44.9 Å². The van der Waals surface area contributed by atoms with Crippen LogP contribution in [0, 0.1) is 23.7 Å². The van der Waals surface area contributed by atoms with Gasteiger partial charge in [-0.05, 0) is 75.3 Å². The van der Waals surface area contributed by atoms with Crippen LogP contribution in [-0.4, -0.2) is 69.5 Å². The summed E-state index contributed by atoms with van der Waals surface area (Å²) >= 11 is 0. The monoisotopic (exact) mass is 609 g/mol. The van der Waals surface area contributed by atoms with Crippen LogP contribution < -0.4 is 0 Å². The van der Waals surface area contributed by atoms with Crippen LogP contribution in [0.5, 0.6) is 0 Å². The Morgan fingerprint density at radius 1 is 1.00 bits per heavy atom. The lowest BCUT2D eigenvalue weighted by Gasteiger charge is -2.40. The van der Waals surface area contributed by atoms with E-state index in [-0.39, 0.29) is 18.4 Å². The summed E-state index contributed by atoms with van der Waals surface area (Å²) in [7, 11) is 0. The summed E-state index contributed by atoms with van der Waals surface area (Å²) in [4.78, 5) is 42.9. The molecule has 1 aromatic rings. The van der Waals surface area contributed by atoms with E-state index in [4.69, 9.17) is 9.47 Å². The molecule has 0 aliphatic carbocycles. The maximum atomic E-state index is 14.2. The van der Waals surface area contributed by atoms with E-state index in [2.05, 4.69) is 19.1 Å². The van der Waals surface area contributed by atoms with E-state index in [0.717, 1.165) is 18.4 Å². The zero-order valence-electron chi connectivity index (χ0n) is 26.8. The van der Waals surface area contributed by atoms with Crippen LogP contribution in [0.15, 0.2) is 54.6 Å². The molecule has 2 N–H and O–H groups in total. The second-order valence-electron chi connectivity index (χ2n) is 13.1. The first kappa shape index (κ1) is 34.1. The number of piperidine rings is 1. The molecule has 8 heteroatoms. The number of hydrogen-bond acceptors (Lipinski definition) is 7. The SMILES string of the molecule is CC[C@H](Cc1ccccc1)[C@@H]1/C=C/C/C=C/C[C@@H](C)[C@H](O)[C@@H](C)[C@@H]2CC[C@@H](C)C(=O)C(O)(O2)C(=O)N2CCCC[C@H]2C(=O)O1. The number of carbonyl (C=O) groups is 3. The highest BCUT2D eigenvalue weighted by Crippen LogP contribution is 2.35. The van der Waals surface area contributed by atoms with Gasteiger partial charge in [-0.2, -0.15) is 0 Å². The molecule has 9 atom stereocenters. The van der Waals surface area contributed by atoms with Crippen molar-refractivity contribution in [1.82, 2.24) is 4.90 Å². The number of nitrogens with zero attached hydrogens (tertiary/aromatic N) is 1. The van der Waals surface area contributed by atoms with Crippen molar-refractivity contribution < 1.29 is 34.1 Å². The van der Waals surface area contributed by atoms with Crippen LogP contribution in [0.25, 0.3) is 0 Å². The molecule has 2 saturated heterocycles. The smallest absolute Gasteiger partial charge is 0.329 e. The summed E-state index contributed by atoms with van der Waals surface area (Å²) in [6, 6.07) is 9.15. The molecule has 4 rings (SSSR count). The van der Waals surface area contributed by atoms with Gasteiger partial charge in [0.15, 0.2) is 0 Å². The molecule has 0 saturated carbocycles. The Balaban J connectivity index is 1.71. The number of hydrogen-bond donors (Lipinski definition) is 2. The quantitative estimate of drug-likeness (QED) is 0.275. The number of carbonyl (C=O) groups excluding carboxylic acids is 3. The van der Waals surface area contributed by atoms with Crippen LogP contribution in [0.1, 0.15) is 84.6 Å². The molecule has 3 aliphatic heterocycles. The van der Waals surface area contributed by atoms with Gasteiger partial charge in [0.1, 0.15) is 12.1 Å². The minimum absolute atomic E-state index is 0.00846. The zero-order valence-corrected chi connectivity index (χ0v) is 26.8. The number of ketones is 1. The van der Waals surface area contributed by atoms with Gasteiger partial charge in [-0.3, -0.25) is 9.59 Å². The highest BCUT2D eigenvalue weighted by atomic mass is 16.6. The van der Waals surface area contributed by atoms with Crippen molar-refractivity contribution in [2.75, 3.05) is 6.54 Å². The highest BCUT2D eigenvalue weighted by molar-refractivity contribution is 6.09. The number of ether oxygens (including phenoxy) is 2. The molecule has 2 fully saturated rings. The molecule has 8 nitrogen and oxygen atoms in total. The lowest BCUT2D eigenvalue weighted by Crippen LogP contribution is -2.62. The van der Waals surface area contributed by atoms with E-state index in [1.54, 1.807) is 6.92 Å². The van der Waals surface area contributed by atoms with Gasteiger partial charge >= 0.3 is 11.8 Å². The molecular weight excluding hydrogens is 558 g/mol. The predicted octanol–water partition coefficient (Wildman–Crippen LogP) is 5.16. The van der Waals surface area contributed by atoms with Crippen LogP contribution in [-0.2, 0) is 30.3 Å². The minimum atomic E-state index is -2.74. The minimum Gasteiger partial charge on any atom is -0.456 e. The fourth-order valence-electron chi connectivity index (χ4n) is 6.85. The Morgan fingerprint density at radius 3 is 2.48 bits per heavy atom. The molecule has 1 amide bonds. The lowest BCUT2D eigenvalue weighted by molar-refractivity contribution is -0.237. The van der Waals surface area contributed by atoms with Crippen molar-refractivity contribution in [1.29, 1.82) is 0 Å². The maximum Gasteiger partial charge on any atom is 0.329 e. The third-order valence-corrected chi connectivity index (χ3v) is 9.88. The molecule has 2 bridgehead atoms. The van der Waals surface area contributed by atoms with Gasteiger partial charge < -0.3 is 24.6 Å². The van der Waals surface area contributed by atoms with Gasteiger partial charge in [-0.25, -0.2) is 4.79 Å². The van der Waals surface area contributed by atoms with Crippen molar-refractivity contribution in [2.45, 2.75) is 116 Å². The molecule has 0 aromatic heterocycles. The Morgan fingerprint density at radius 2 is 1.75 bits per heavy atom. The third-order valence-electron chi connectivity index (χ3n) is 9.88. The number of amides is 1. The predicted molar refractivity (Wildman–Crippen MR) is 168 cm³/mol. The Hall–Kier alpha value is -2.81. The molecule has 1 aromatic carbocycles. The third kappa shape index (κ3) is 7.88. The number of cyclic esters (lactones) is 1. The number of esters is 1. The van der Waals surface area contributed by atoms with Crippen molar-refractivity contribution in [2.24, 2.45) is 23.7 Å². The van der Waals surface area contributed by atoms with E-state index in [1.165, 1.54) is 4.90 Å². The fraction of sp³-hybridized carbons (Fsp3) is 0.639. The van der Waals surface area contributed by atoms with Crippen LogP contribution in [0.4, 0.5) is 0 Å². The lowest BCUT2D eigenvalue weighted by atomic mass is 9.85. The first-order valence-electron chi connectivity index (χ1n) is 16.6. The number of aliphatic hydroxyl groups is 2. The summed E-state index contributed by atoms with van der Waals surface area (Å²) < 4.78 is 12.3. The molecule has 3 aliphatic rings. The first-order chi connectivity index (χ1) is 21.1. The second kappa shape index (κ2) is 15.5. The number of allylic oxidation sites excluding steroid dienone is 3. The highest BCUT2D eigenvalue weighted by Gasteiger charge is 2.55. The molecule has 3 heterocycles. The standard InChI is InChI=1S/C36H51NO7/c1-5-28(23-27-16-10-8-11-17-27)31-19-12-7-6-9-15-24(2)32(38)26(4)30-21-20-25(3)33(39)36(42,44-30)35(41)37-22-14-13-18-29(37)34(40)43-31/h6,8-12,16-17,19,24-26,28-32,38,42H,5,7,13-15,18,20-23H2,1-4H3/b9-6+,19-12+/t24-,25-,26+,28-,29+,30+,31+,32+,36?/m1/s1. The van der Waals surface area contributed by atoms with Gasteiger partial charge in [-0.1, -0.05) is 76.3 Å². The molecular formula is C36H51NO7. The summed E-state index contributed by atoms with van der Waals surface area (Å²) in [5.41, 5.74) is 1.15. The van der Waals surface area contributed by atoms with Gasteiger partial charge in [0, 0.05) is 24.3 Å². The maximum absolute atomic E-state index is 14.2. The summed E-state index contributed by atoms with van der Waals surface area (Å²) in [6.45, 7) is 7.77. The molecule has 242 valence electrons. The van der Waals surface area contributed by atoms with Gasteiger partial charge in [0.2, 0.25) is 5.78 Å². The van der Waals surface area contributed by atoms with Crippen molar-refractivity contribution in [3.05, 3.63) is 60.2 Å². The largest absolute Gasteiger partial charge is 0.456 e. The van der Waals surface area contributed by atoms with E-state index >= 15 is 0 Å². The summed E-state index contributed by atoms with van der Waals surface area (Å²) in [5.74, 6) is -6.05. The molecule has 0 radical (unpaired) electrons. The Bertz CT molecular complexity index is 1180. The summed E-state index contributed by atoms with van der Waals surface area (Å²) in [5, 5.41) is 23.0. The van der Waals surface area contributed by atoms with Gasteiger partial charge in [0.05, 0.1) is 12.2 Å². The summed E-state index contributed by atoms with van der Waals surface area (Å²) in [6.07, 6.45) is 11.3. The van der Waals surface area contributed by atoms with Crippen molar-refractivity contribution in [3.63, 3.8) is 0 Å². The normalized spacial score (nSPS) is 36.6. The molecule has 1 unspecified atom stereocenters. The average molecular weight is 610 g/mol. The van der Waals surface area contributed by atoms with E-state index in [1.807, 2.05) is 56.4 Å². The van der Waals surface area contributed by atoms with Gasteiger partial charge in [0.25, 0.3) is 5.91 Å². The van der Waals surface area contributed by atoms with E-state index in [9.17, 15) is 24.6 Å². The molecule has 0 spiro atoms. The number of benzene rings is 1. The van der Waals surface area contributed by atoms with Crippen LogP contribution in [0.2, 0.25) is 0 Å². The Labute approximate surface area is 262 Å². The van der Waals surface area contributed by atoms with Crippen LogP contribution >= 0.6 is 0 Å². The van der Waals surface area contributed by atoms with Crippen molar-refractivity contribution in [3.8, 4) is 0 Å². The first-order valence-corrected chi connectivity index (χ1v) is 16.6. The number of rotatable bonds is 4. The fourth-order valence-corrected chi connectivity index (χ4v) is 6.85. The topological polar surface area (TPSA) is 113 Å². The zero-order chi connectivity index (χ0) is 31.9. The number of fused-ring (bicyclic) bond motifs is 3. The van der Waals surface area contributed by atoms with Crippen LogP contribution in [0.3, 0.4) is 0 Å².